The maximum atomic E-state index is 13.2. The van der Waals surface area contributed by atoms with Gasteiger partial charge in [-0.3, -0.25) is 9.69 Å². The molecule has 8 heteroatoms. The van der Waals surface area contributed by atoms with E-state index in [0.29, 0.717) is 12.8 Å². The topological polar surface area (TPSA) is 70.4 Å². The van der Waals surface area contributed by atoms with Crippen LogP contribution in [0.1, 0.15) is 63.1 Å². The van der Waals surface area contributed by atoms with Gasteiger partial charge in [-0.2, -0.15) is 18.4 Å². The molecule has 1 aliphatic rings. The van der Waals surface area contributed by atoms with Crippen LogP contribution in [0.2, 0.25) is 0 Å². The second kappa shape index (κ2) is 7.46. The minimum Gasteiger partial charge on any atom is -0.444 e. The number of halogens is 3. The third-order valence-electron chi connectivity index (χ3n) is 4.82. The van der Waals surface area contributed by atoms with Crippen molar-refractivity contribution in [3.05, 3.63) is 34.9 Å². The molecular weight excluding hydrogens is 373 g/mol. The quantitative estimate of drug-likeness (QED) is 0.721. The zero-order valence-corrected chi connectivity index (χ0v) is 16.3. The van der Waals surface area contributed by atoms with Crippen LogP contribution < -0.4 is 0 Å². The summed E-state index contributed by atoms with van der Waals surface area (Å²) in [6.45, 7) is 5.04. The Balaban J connectivity index is 2.60. The molecule has 0 spiro atoms. The second-order valence-corrected chi connectivity index (χ2v) is 7.90. The van der Waals surface area contributed by atoms with Gasteiger partial charge >= 0.3 is 12.3 Å². The van der Waals surface area contributed by atoms with Crippen LogP contribution in [0.15, 0.2) is 18.2 Å². The van der Waals surface area contributed by atoms with E-state index in [0.717, 1.165) is 17.0 Å². The van der Waals surface area contributed by atoms with Gasteiger partial charge in [-0.1, -0.05) is 6.07 Å². The number of carbonyl (C=O) groups is 2. The van der Waals surface area contributed by atoms with E-state index in [1.807, 2.05) is 0 Å². The molecule has 0 bridgehead atoms. The number of likely N-dealkylation sites (N-methyl/N-ethyl adjacent to an activating group) is 1. The zero-order chi connectivity index (χ0) is 21.3. The highest BCUT2D eigenvalue weighted by molar-refractivity contribution is 5.93. The van der Waals surface area contributed by atoms with Crippen LogP contribution >= 0.6 is 0 Å². The van der Waals surface area contributed by atoms with Gasteiger partial charge in [-0.15, -0.1) is 0 Å². The lowest BCUT2D eigenvalue weighted by atomic mass is 9.74. The molecule has 0 aromatic heterocycles. The third-order valence-corrected chi connectivity index (χ3v) is 4.82. The smallest absolute Gasteiger partial charge is 0.417 e. The Labute approximate surface area is 162 Å². The predicted octanol–water partition coefficient (Wildman–Crippen LogP) is 4.78. The fraction of sp³-hybridized carbons (Fsp3) is 0.550. The monoisotopic (exact) mass is 396 g/mol. The van der Waals surface area contributed by atoms with E-state index >= 15 is 0 Å². The maximum absolute atomic E-state index is 13.2. The predicted molar refractivity (Wildman–Crippen MR) is 95.3 cm³/mol. The molecule has 28 heavy (non-hydrogen) atoms. The number of Topliss-reactive ketones (excluding diaryl/α,β-unsaturated/α-hetero) is 1. The first-order valence-corrected chi connectivity index (χ1v) is 8.95. The molecule has 1 unspecified atom stereocenters. The molecule has 152 valence electrons. The number of rotatable bonds is 2. The highest BCUT2D eigenvalue weighted by Crippen LogP contribution is 2.42. The number of hydrogen-bond donors (Lipinski definition) is 0. The standard InChI is InChI=1S/C20H23F3N2O3/c1-18(2,3)28-17(27)25(4)19(10-6-5-7-16(19)26)14-8-9-15(20(21,22)23)13(11-14)12-24/h8-9,11H,5-7,10H2,1-4H3. The van der Waals surface area contributed by atoms with E-state index in [1.54, 1.807) is 26.8 Å². The SMILES string of the molecule is CN(C(=O)OC(C)(C)C)C1(c2ccc(C(F)(F)F)c(C#N)c2)CCCCC1=O. The van der Waals surface area contributed by atoms with Gasteiger partial charge < -0.3 is 4.74 Å². The van der Waals surface area contributed by atoms with Gasteiger partial charge in [0.05, 0.1) is 17.2 Å². The maximum Gasteiger partial charge on any atom is 0.417 e. The van der Waals surface area contributed by atoms with Crippen molar-refractivity contribution in [2.45, 2.75) is 63.8 Å². The van der Waals surface area contributed by atoms with E-state index in [-0.39, 0.29) is 24.2 Å². The summed E-state index contributed by atoms with van der Waals surface area (Å²) in [6, 6.07) is 4.58. The number of amides is 1. The molecule has 0 radical (unpaired) electrons. The number of hydrogen-bond acceptors (Lipinski definition) is 4. The molecule has 5 nitrogen and oxygen atoms in total. The highest BCUT2D eigenvalue weighted by Gasteiger charge is 2.48. The first-order chi connectivity index (χ1) is 12.8. The van der Waals surface area contributed by atoms with Gasteiger partial charge in [0.15, 0.2) is 5.78 Å². The Morgan fingerprint density at radius 2 is 1.89 bits per heavy atom. The van der Waals surface area contributed by atoms with Gasteiger partial charge in [-0.25, -0.2) is 4.79 Å². The number of benzene rings is 1. The van der Waals surface area contributed by atoms with Crippen molar-refractivity contribution in [2.24, 2.45) is 0 Å². The number of ketones is 1. The Morgan fingerprint density at radius 1 is 1.25 bits per heavy atom. The molecule has 2 rings (SSSR count). The molecule has 0 aliphatic heterocycles. The molecule has 1 fully saturated rings. The summed E-state index contributed by atoms with van der Waals surface area (Å²) in [5, 5.41) is 9.21. The van der Waals surface area contributed by atoms with Crippen LogP contribution in [0.5, 0.6) is 0 Å². The molecule has 0 saturated heterocycles. The molecular formula is C20H23F3N2O3. The summed E-state index contributed by atoms with van der Waals surface area (Å²) >= 11 is 0. The summed E-state index contributed by atoms with van der Waals surface area (Å²) in [5.74, 6) is -0.282. The summed E-state index contributed by atoms with van der Waals surface area (Å²) in [4.78, 5) is 26.8. The minimum atomic E-state index is -4.69. The lowest BCUT2D eigenvalue weighted by Gasteiger charge is -2.43. The van der Waals surface area contributed by atoms with Gasteiger partial charge in [0, 0.05) is 13.5 Å². The van der Waals surface area contributed by atoms with Crippen molar-refractivity contribution < 1.29 is 27.5 Å². The number of nitrogens with zero attached hydrogens (tertiary/aromatic N) is 2. The van der Waals surface area contributed by atoms with Gasteiger partial charge in [0.2, 0.25) is 0 Å². The number of carbonyl (C=O) groups excluding carboxylic acids is 2. The highest BCUT2D eigenvalue weighted by atomic mass is 19.4. The van der Waals surface area contributed by atoms with Gasteiger partial charge in [0.1, 0.15) is 11.1 Å². The summed E-state index contributed by atoms with van der Waals surface area (Å²) in [5.41, 5.74) is -3.73. The van der Waals surface area contributed by atoms with E-state index in [1.165, 1.54) is 13.1 Å². The lowest BCUT2D eigenvalue weighted by Crippen LogP contribution is -2.55. The van der Waals surface area contributed by atoms with E-state index < -0.39 is 34.5 Å². The summed E-state index contributed by atoms with van der Waals surface area (Å²) < 4.78 is 44.8. The van der Waals surface area contributed by atoms with Gasteiger partial charge in [-0.05, 0) is 57.7 Å². The molecule has 1 atom stereocenters. The zero-order valence-electron chi connectivity index (χ0n) is 16.3. The van der Waals surface area contributed by atoms with E-state index in [2.05, 4.69) is 0 Å². The van der Waals surface area contributed by atoms with Crippen molar-refractivity contribution in [2.75, 3.05) is 7.05 Å². The normalized spacial score (nSPS) is 20.4. The first-order valence-electron chi connectivity index (χ1n) is 8.95. The lowest BCUT2D eigenvalue weighted by molar-refractivity contribution is -0.137. The van der Waals surface area contributed by atoms with Crippen LogP contribution in [0.25, 0.3) is 0 Å². The first kappa shape index (κ1) is 21.7. The fourth-order valence-electron chi connectivity index (χ4n) is 3.49. The van der Waals surface area contributed by atoms with Crippen molar-refractivity contribution in [3.8, 4) is 6.07 Å². The molecule has 1 saturated carbocycles. The minimum absolute atomic E-state index is 0.190. The Hall–Kier alpha value is -2.56. The molecule has 0 N–H and O–H groups in total. The molecule has 1 aromatic rings. The molecule has 0 heterocycles. The Morgan fingerprint density at radius 3 is 2.39 bits per heavy atom. The van der Waals surface area contributed by atoms with Gasteiger partial charge in [0.25, 0.3) is 0 Å². The van der Waals surface area contributed by atoms with E-state index in [9.17, 15) is 28.0 Å². The van der Waals surface area contributed by atoms with Crippen LogP contribution in [0.3, 0.4) is 0 Å². The van der Waals surface area contributed by atoms with Crippen LogP contribution in [0, 0.1) is 11.3 Å². The fourth-order valence-corrected chi connectivity index (χ4v) is 3.49. The van der Waals surface area contributed by atoms with Crippen LogP contribution in [0.4, 0.5) is 18.0 Å². The van der Waals surface area contributed by atoms with Crippen LogP contribution in [-0.4, -0.2) is 29.4 Å². The molecule has 1 aromatic carbocycles. The number of nitriles is 1. The largest absolute Gasteiger partial charge is 0.444 e. The Bertz CT molecular complexity index is 821. The average molecular weight is 396 g/mol. The van der Waals surface area contributed by atoms with Crippen molar-refractivity contribution in [1.82, 2.24) is 4.90 Å². The van der Waals surface area contributed by atoms with Crippen molar-refractivity contribution in [1.29, 1.82) is 5.26 Å². The molecule has 1 amide bonds. The average Bonchev–Trinajstić information content (AvgIpc) is 2.59. The molecule has 1 aliphatic carbocycles. The van der Waals surface area contributed by atoms with Crippen LogP contribution in [-0.2, 0) is 21.2 Å². The van der Waals surface area contributed by atoms with Crippen molar-refractivity contribution in [3.63, 3.8) is 0 Å². The number of ether oxygens (including phenoxy) is 1. The summed E-state index contributed by atoms with van der Waals surface area (Å²) in [7, 11) is 1.40. The summed E-state index contributed by atoms with van der Waals surface area (Å²) in [6.07, 6.45) is -3.75. The Kier molecular flexibility index (Phi) is 5.79. The number of alkyl halides is 3. The second-order valence-electron chi connectivity index (χ2n) is 7.90. The third kappa shape index (κ3) is 4.13. The van der Waals surface area contributed by atoms with E-state index in [4.69, 9.17) is 4.74 Å². The van der Waals surface area contributed by atoms with Crippen molar-refractivity contribution >= 4 is 11.9 Å².